The highest BCUT2D eigenvalue weighted by Crippen LogP contribution is 2.40. The van der Waals surface area contributed by atoms with Crippen LogP contribution in [0.1, 0.15) is 32.8 Å². The predicted octanol–water partition coefficient (Wildman–Crippen LogP) is 7.54. The number of halogens is 4. The number of carbonyl (C=O) groups excluding carboxylic acids is 2. The molecule has 0 aliphatic carbocycles. The van der Waals surface area contributed by atoms with E-state index >= 15 is 4.39 Å². The summed E-state index contributed by atoms with van der Waals surface area (Å²) in [7, 11) is 0. The molecule has 6 aromatic rings. The Kier molecular flexibility index (Phi) is 7.84. The maximum absolute atomic E-state index is 15.3. The van der Waals surface area contributed by atoms with Gasteiger partial charge in [-0.2, -0.15) is 18.3 Å². The summed E-state index contributed by atoms with van der Waals surface area (Å²) >= 11 is 1.39. The molecule has 0 saturated carbocycles. The van der Waals surface area contributed by atoms with E-state index in [0.29, 0.717) is 32.3 Å². The molecule has 14 heteroatoms. The smallest absolute Gasteiger partial charge is 0.434 e. The molecule has 2 fully saturated rings. The van der Waals surface area contributed by atoms with E-state index in [1.807, 2.05) is 35.2 Å². The molecule has 0 radical (unpaired) electrons. The lowest BCUT2D eigenvalue weighted by Crippen LogP contribution is -2.46. The largest absolute Gasteiger partial charge is 0.453 e. The average molecular weight is 699 g/mol. The SMILES string of the molecule is O=C(Nc1ccc(Oc2ccnc3cc(-c4ccc(C(=O)N5C[C@H]6C[C@@H]5CN6)cc4)sc23)c(F)c1)c1cnn(-c2ccccc2)c1C(F)(F)F. The summed E-state index contributed by atoms with van der Waals surface area (Å²) in [6, 6.07) is 22.7. The minimum atomic E-state index is -4.90. The zero-order valence-corrected chi connectivity index (χ0v) is 26.8. The van der Waals surface area contributed by atoms with Crippen molar-refractivity contribution in [2.75, 3.05) is 18.4 Å². The van der Waals surface area contributed by atoms with Crippen LogP contribution < -0.4 is 15.4 Å². The minimum absolute atomic E-state index is 0.0251. The molecule has 2 saturated heterocycles. The van der Waals surface area contributed by atoms with Crippen LogP contribution in [0.15, 0.2) is 97.3 Å². The molecule has 3 aromatic heterocycles. The first-order chi connectivity index (χ1) is 24.1. The fourth-order valence-corrected chi connectivity index (χ4v) is 7.49. The van der Waals surface area contributed by atoms with Gasteiger partial charge < -0.3 is 20.3 Å². The van der Waals surface area contributed by atoms with Gasteiger partial charge in [-0.05, 0) is 54.4 Å². The third-order valence-electron chi connectivity index (χ3n) is 8.80. The molecule has 2 bridgehead atoms. The van der Waals surface area contributed by atoms with Crippen molar-refractivity contribution in [2.24, 2.45) is 0 Å². The van der Waals surface area contributed by atoms with E-state index < -0.39 is 29.2 Å². The first-order valence-electron chi connectivity index (χ1n) is 15.6. The third-order valence-corrected chi connectivity index (χ3v) is 9.99. The fourth-order valence-electron chi connectivity index (χ4n) is 6.42. The predicted molar refractivity (Wildman–Crippen MR) is 179 cm³/mol. The number of rotatable bonds is 7. The Balaban J connectivity index is 0.989. The Labute approximate surface area is 286 Å². The normalized spacial score (nSPS) is 17.0. The van der Waals surface area contributed by atoms with Crippen LogP contribution in [0.3, 0.4) is 0 Å². The molecular weight excluding hydrogens is 672 g/mol. The summed E-state index contributed by atoms with van der Waals surface area (Å²) in [6.45, 7) is 1.55. The summed E-state index contributed by atoms with van der Waals surface area (Å²) in [6.07, 6.45) is -1.54. The zero-order valence-electron chi connectivity index (χ0n) is 25.9. The third kappa shape index (κ3) is 5.86. The Morgan fingerprint density at radius 1 is 0.980 bits per heavy atom. The van der Waals surface area contributed by atoms with Crippen molar-refractivity contribution in [3.05, 3.63) is 120 Å². The molecule has 0 unspecified atom stereocenters. The number of nitrogens with one attached hydrogen (secondary N) is 2. The summed E-state index contributed by atoms with van der Waals surface area (Å²) in [5.41, 5.74) is 0.221. The monoisotopic (exact) mass is 698 g/mol. The van der Waals surface area contributed by atoms with Gasteiger partial charge in [0.05, 0.1) is 27.7 Å². The van der Waals surface area contributed by atoms with E-state index in [2.05, 4.69) is 20.7 Å². The molecule has 2 aliphatic heterocycles. The highest BCUT2D eigenvalue weighted by atomic mass is 32.1. The number of likely N-dealkylation sites (tertiary alicyclic amines) is 1. The Bertz CT molecular complexity index is 2250. The molecule has 9 nitrogen and oxygen atoms in total. The molecule has 0 spiro atoms. The van der Waals surface area contributed by atoms with Gasteiger partial charge in [0, 0.05) is 59.6 Å². The van der Waals surface area contributed by atoms with Gasteiger partial charge >= 0.3 is 6.18 Å². The van der Waals surface area contributed by atoms with Gasteiger partial charge in [-0.1, -0.05) is 30.3 Å². The molecule has 5 heterocycles. The number of fused-ring (bicyclic) bond motifs is 3. The first-order valence-corrected chi connectivity index (χ1v) is 16.5. The second-order valence-corrected chi connectivity index (χ2v) is 13.1. The van der Waals surface area contributed by atoms with E-state index in [4.69, 9.17) is 4.74 Å². The maximum atomic E-state index is 15.3. The number of amides is 2. The Morgan fingerprint density at radius 2 is 1.78 bits per heavy atom. The number of ether oxygens (including phenoxy) is 1. The molecule has 2 aliphatic rings. The van der Waals surface area contributed by atoms with Gasteiger partial charge in [0.1, 0.15) is 5.75 Å². The van der Waals surface area contributed by atoms with Gasteiger partial charge in [-0.15, -0.1) is 11.3 Å². The number of pyridine rings is 1. The molecule has 8 rings (SSSR count). The van der Waals surface area contributed by atoms with E-state index in [1.165, 1.54) is 41.8 Å². The number of hydrogen-bond donors (Lipinski definition) is 2. The Morgan fingerprint density at radius 3 is 2.48 bits per heavy atom. The van der Waals surface area contributed by atoms with Crippen molar-refractivity contribution in [2.45, 2.75) is 24.7 Å². The van der Waals surface area contributed by atoms with Crippen molar-refractivity contribution in [3.63, 3.8) is 0 Å². The van der Waals surface area contributed by atoms with Crippen LogP contribution in [-0.2, 0) is 6.18 Å². The highest BCUT2D eigenvalue weighted by Gasteiger charge is 2.41. The van der Waals surface area contributed by atoms with Crippen molar-refractivity contribution >= 4 is 39.1 Å². The van der Waals surface area contributed by atoms with E-state index in [9.17, 15) is 22.8 Å². The number of nitrogens with zero attached hydrogens (tertiary/aromatic N) is 4. The standard InChI is InChI=1S/C36H26F4N6O3S/c37-27-15-22(44-34(47)26-18-43-46(33(26)36(38,39)40)24-4-2-1-3-5-24)10-11-29(27)49-30-12-13-41-28-16-31(50-32(28)30)20-6-8-21(9-7-20)35(48)45-19-23-14-25(45)17-42-23/h1-13,15-16,18,23,25,42H,14,17,19H2,(H,44,47)/t23-,25-/m1/s1. The number of alkyl halides is 3. The topological polar surface area (TPSA) is 101 Å². The number of piperazine rings is 1. The first kappa shape index (κ1) is 31.7. The van der Waals surface area contributed by atoms with Crippen LogP contribution >= 0.6 is 11.3 Å². The molecule has 2 amide bonds. The van der Waals surface area contributed by atoms with Gasteiger partial charge in [0.25, 0.3) is 11.8 Å². The number of aromatic nitrogens is 3. The van der Waals surface area contributed by atoms with Crippen molar-refractivity contribution < 1.29 is 31.9 Å². The van der Waals surface area contributed by atoms with Gasteiger partial charge in [-0.3, -0.25) is 14.6 Å². The highest BCUT2D eigenvalue weighted by molar-refractivity contribution is 7.22. The second kappa shape index (κ2) is 12.4. The van der Waals surface area contributed by atoms with Gasteiger partial charge in [0.15, 0.2) is 17.3 Å². The van der Waals surface area contributed by atoms with Crippen molar-refractivity contribution in [1.82, 2.24) is 25.0 Å². The van der Waals surface area contributed by atoms with Crippen LogP contribution in [-0.4, -0.2) is 56.7 Å². The molecule has 3 aromatic carbocycles. The molecular formula is C36H26F4N6O3S. The summed E-state index contributed by atoms with van der Waals surface area (Å²) in [4.78, 5) is 33.3. The lowest BCUT2D eigenvalue weighted by molar-refractivity contribution is -0.143. The van der Waals surface area contributed by atoms with Crippen molar-refractivity contribution in [3.8, 4) is 27.6 Å². The maximum Gasteiger partial charge on any atom is 0.434 e. The lowest BCUT2D eigenvalue weighted by Gasteiger charge is -2.27. The average Bonchev–Trinajstić information content (AvgIpc) is 3.93. The van der Waals surface area contributed by atoms with Crippen LogP contribution in [0, 0.1) is 5.82 Å². The summed E-state index contributed by atoms with van der Waals surface area (Å²) in [5.74, 6) is -1.74. The van der Waals surface area contributed by atoms with Gasteiger partial charge in [-0.25, -0.2) is 9.07 Å². The number of carbonyl (C=O) groups is 2. The summed E-state index contributed by atoms with van der Waals surface area (Å²) < 4.78 is 64.7. The Hall–Kier alpha value is -5.60. The number of hydrogen-bond acceptors (Lipinski definition) is 7. The van der Waals surface area contributed by atoms with Crippen LogP contribution in [0.25, 0.3) is 26.3 Å². The van der Waals surface area contributed by atoms with Crippen molar-refractivity contribution in [1.29, 1.82) is 0 Å². The minimum Gasteiger partial charge on any atom is -0.453 e. The number of benzene rings is 3. The van der Waals surface area contributed by atoms with Crippen LogP contribution in [0.4, 0.5) is 23.2 Å². The van der Waals surface area contributed by atoms with Gasteiger partial charge in [0.2, 0.25) is 0 Å². The van der Waals surface area contributed by atoms with E-state index in [-0.39, 0.29) is 29.1 Å². The number of anilines is 1. The van der Waals surface area contributed by atoms with E-state index in [1.54, 1.807) is 24.3 Å². The zero-order chi connectivity index (χ0) is 34.6. The quantitative estimate of drug-likeness (QED) is 0.167. The number of thiophene rings is 1. The molecule has 50 heavy (non-hydrogen) atoms. The summed E-state index contributed by atoms with van der Waals surface area (Å²) in [5, 5.41) is 9.53. The van der Waals surface area contributed by atoms with Crippen LogP contribution in [0.2, 0.25) is 0 Å². The van der Waals surface area contributed by atoms with E-state index in [0.717, 1.165) is 42.2 Å². The van der Waals surface area contributed by atoms with Crippen LogP contribution in [0.5, 0.6) is 11.5 Å². The molecule has 2 atom stereocenters. The second-order valence-electron chi connectivity index (χ2n) is 12.0. The number of para-hydroxylation sites is 1. The molecule has 2 N–H and O–H groups in total. The fraction of sp³-hybridized carbons (Fsp3) is 0.167. The lowest BCUT2D eigenvalue weighted by atomic mass is 10.1. The molecule has 252 valence electrons.